The molecule has 2 aliphatic heterocycles. The molecule has 1 unspecified atom stereocenters. The van der Waals surface area contributed by atoms with Crippen LogP contribution in [0.1, 0.15) is 53.4 Å². The van der Waals surface area contributed by atoms with Gasteiger partial charge in [-0.2, -0.15) is 22.0 Å². The van der Waals surface area contributed by atoms with Gasteiger partial charge in [-0.15, -0.1) is 0 Å². The highest BCUT2D eigenvalue weighted by Crippen LogP contribution is 2.45. The molecule has 39 heavy (non-hydrogen) atoms. The van der Waals surface area contributed by atoms with E-state index in [2.05, 4.69) is 0 Å². The summed E-state index contributed by atoms with van der Waals surface area (Å²) >= 11 is 0.371. The van der Waals surface area contributed by atoms with Gasteiger partial charge in [-0.3, -0.25) is 0 Å². The summed E-state index contributed by atoms with van der Waals surface area (Å²) in [5.41, 5.74) is 1.32. The molecule has 2 aliphatic rings. The first kappa shape index (κ1) is 27.6. The molecular weight excluding hydrogens is 556 g/mol. The molecule has 0 saturated carbocycles. The second-order valence-electron chi connectivity index (χ2n) is 9.18. The minimum atomic E-state index is -4.49. The van der Waals surface area contributed by atoms with Crippen LogP contribution in [-0.4, -0.2) is 19.8 Å². The standard InChI is InChI=1S/C27H20F8O3S/c28-21-22(29)24(31)26(25(32)23(21)30)38-39-15-2-4-18-17(7-10-37-20(18)12-15)16-3-1-14(27(33,34)35)11-19(16)13-5-8-36-9-6-13/h1-4,11-13,17H,5-10H2. The second-order valence-corrected chi connectivity index (χ2v) is 9.99. The Morgan fingerprint density at radius 3 is 2.03 bits per heavy atom. The number of hydrogen-bond acceptors (Lipinski definition) is 4. The highest BCUT2D eigenvalue weighted by molar-refractivity contribution is 7.95. The highest BCUT2D eigenvalue weighted by Gasteiger charge is 2.35. The van der Waals surface area contributed by atoms with Crippen LogP contribution in [0.4, 0.5) is 35.1 Å². The molecule has 1 saturated heterocycles. The molecule has 1 atom stereocenters. The van der Waals surface area contributed by atoms with Crippen LogP contribution in [0, 0.1) is 29.1 Å². The first-order valence-electron chi connectivity index (χ1n) is 12.0. The number of benzene rings is 3. The van der Waals surface area contributed by atoms with Gasteiger partial charge in [-0.25, -0.2) is 13.2 Å². The summed E-state index contributed by atoms with van der Waals surface area (Å²) in [6.07, 6.45) is -2.81. The maximum absolute atomic E-state index is 13.9. The van der Waals surface area contributed by atoms with Crippen LogP contribution in [0.3, 0.4) is 0 Å². The Morgan fingerprint density at radius 1 is 0.718 bits per heavy atom. The lowest BCUT2D eigenvalue weighted by atomic mass is 9.78. The van der Waals surface area contributed by atoms with Crippen molar-refractivity contribution in [1.29, 1.82) is 0 Å². The van der Waals surface area contributed by atoms with E-state index in [0.717, 1.165) is 11.6 Å². The van der Waals surface area contributed by atoms with Crippen LogP contribution in [0.15, 0.2) is 41.3 Å². The number of halogens is 8. The normalized spacial score (nSPS) is 18.0. The van der Waals surface area contributed by atoms with E-state index in [-0.39, 0.29) is 23.3 Å². The van der Waals surface area contributed by atoms with Crippen molar-refractivity contribution in [2.24, 2.45) is 0 Å². The summed E-state index contributed by atoms with van der Waals surface area (Å²) in [5.74, 6) is -12.2. The molecular formula is C27H20F8O3S. The monoisotopic (exact) mass is 576 g/mol. The first-order valence-corrected chi connectivity index (χ1v) is 12.7. The minimum absolute atomic E-state index is 0.105. The number of rotatable bonds is 5. The van der Waals surface area contributed by atoms with E-state index in [1.54, 1.807) is 6.07 Å². The molecule has 0 bridgehead atoms. The Kier molecular flexibility index (Phi) is 7.69. The zero-order valence-corrected chi connectivity index (χ0v) is 20.8. The van der Waals surface area contributed by atoms with Crippen molar-refractivity contribution in [2.45, 2.75) is 42.2 Å². The topological polar surface area (TPSA) is 27.7 Å². The fourth-order valence-electron chi connectivity index (χ4n) is 4.92. The molecule has 0 spiro atoms. The van der Waals surface area contributed by atoms with Crippen molar-refractivity contribution in [2.75, 3.05) is 19.8 Å². The van der Waals surface area contributed by atoms with Crippen LogP contribution in [0.25, 0.3) is 0 Å². The maximum atomic E-state index is 13.9. The Morgan fingerprint density at radius 2 is 1.36 bits per heavy atom. The zero-order chi connectivity index (χ0) is 27.9. The fraction of sp³-hybridized carbons (Fsp3) is 0.333. The molecule has 0 radical (unpaired) electrons. The lowest BCUT2D eigenvalue weighted by Crippen LogP contribution is -2.21. The smallest absolute Gasteiger partial charge is 0.416 e. The minimum Gasteiger partial charge on any atom is -0.493 e. The van der Waals surface area contributed by atoms with Gasteiger partial charge in [0.1, 0.15) is 5.75 Å². The lowest BCUT2D eigenvalue weighted by Gasteiger charge is -2.32. The molecule has 0 amide bonds. The van der Waals surface area contributed by atoms with E-state index in [9.17, 15) is 35.1 Å². The average Bonchev–Trinajstić information content (AvgIpc) is 2.94. The quantitative estimate of drug-likeness (QED) is 0.132. The summed E-state index contributed by atoms with van der Waals surface area (Å²) in [6.45, 7) is 1.15. The second kappa shape index (κ2) is 10.9. The van der Waals surface area contributed by atoms with Crippen LogP contribution in [0.2, 0.25) is 0 Å². The van der Waals surface area contributed by atoms with Crippen LogP contribution >= 0.6 is 12.0 Å². The molecule has 0 N–H and O–H groups in total. The molecule has 0 aromatic heterocycles. The molecule has 1 fully saturated rings. The predicted octanol–water partition coefficient (Wildman–Crippen LogP) is 8.30. The maximum Gasteiger partial charge on any atom is 0.416 e. The van der Waals surface area contributed by atoms with Gasteiger partial charge >= 0.3 is 6.18 Å². The van der Waals surface area contributed by atoms with Gasteiger partial charge in [-0.05, 0) is 60.6 Å². The van der Waals surface area contributed by atoms with Crippen LogP contribution in [-0.2, 0) is 10.9 Å². The van der Waals surface area contributed by atoms with E-state index in [0.29, 0.717) is 61.4 Å². The van der Waals surface area contributed by atoms with Gasteiger partial charge < -0.3 is 13.7 Å². The lowest BCUT2D eigenvalue weighted by molar-refractivity contribution is -0.137. The van der Waals surface area contributed by atoms with Gasteiger partial charge in [0.05, 0.1) is 29.1 Å². The van der Waals surface area contributed by atoms with Crippen molar-refractivity contribution in [1.82, 2.24) is 0 Å². The molecule has 12 heteroatoms. The Hall–Kier alpha value is -2.99. The summed E-state index contributed by atoms with van der Waals surface area (Å²) in [7, 11) is 0. The van der Waals surface area contributed by atoms with Gasteiger partial charge in [0.15, 0.2) is 0 Å². The number of fused-ring (bicyclic) bond motifs is 1. The SMILES string of the molecule is Fc1c(F)c(F)c(OSc2ccc3c(c2)OCCC3c2ccc(C(F)(F)F)cc2C2CCOCC2)c(F)c1F. The Bertz CT molecular complexity index is 1360. The van der Waals surface area contributed by atoms with E-state index in [1.165, 1.54) is 24.3 Å². The molecule has 3 aromatic rings. The average molecular weight is 577 g/mol. The largest absolute Gasteiger partial charge is 0.493 e. The Balaban J connectivity index is 1.45. The van der Waals surface area contributed by atoms with Crippen LogP contribution < -0.4 is 8.92 Å². The van der Waals surface area contributed by atoms with Crippen molar-refractivity contribution in [3.8, 4) is 11.5 Å². The van der Waals surface area contributed by atoms with Crippen LogP contribution in [0.5, 0.6) is 11.5 Å². The summed E-state index contributed by atoms with van der Waals surface area (Å²) in [6, 6.07) is 8.42. The van der Waals surface area contributed by atoms with Crippen molar-refractivity contribution in [3.63, 3.8) is 0 Å². The third-order valence-electron chi connectivity index (χ3n) is 6.87. The van der Waals surface area contributed by atoms with E-state index in [1.807, 2.05) is 0 Å². The van der Waals surface area contributed by atoms with Gasteiger partial charge in [0.25, 0.3) is 0 Å². The first-order chi connectivity index (χ1) is 18.6. The third kappa shape index (κ3) is 5.41. The molecule has 2 heterocycles. The van der Waals surface area contributed by atoms with E-state index >= 15 is 0 Å². The summed E-state index contributed by atoms with van der Waals surface area (Å²) in [5, 5.41) is 0. The highest BCUT2D eigenvalue weighted by atomic mass is 32.2. The summed E-state index contributed by atoms with van der Waals surface area (Å²) in [4.78, 5) is 0.246. The zero-order valence-electron chi connectivity index (χ0n) is 20.0. The molecule has 0 aliphatic carbocycles. The predicted molar refractivity (Wildman–Crippen MR) is 125 cm³/mol. The van der Waals surface area contributed by atoms with Crippen molar-refractivity contribution < 1.29 is 48.8 Å². The van der Waals surface area contributed by atoms with Crippen molar-refractivity contribution >= 4 is 12.0 Å². The van der Waals surface area contributed by atoms with Gasteiger partial charge in [0, 0.05) is 24.7 Å². The number of hydrogen-bond donors (Lipinski definition) is 0. The van der Waals surface area contributed by atoms with E-state index < -0.39 is 46.6 Å². The number of alkyl halides is 3. The van der Waals surface area contributed by atoms with Crippen molar-refractivity contribution in [3.05, 3.63) is 87.7 Å². The Labute approximate surface area is 222 Å². The fourth-order valence-corrected chi connectivity index (χ4v) is 5.53. The van der Waals surface area contributed by atoms with Gasteiger partial charge in [-0.1, -0.05) is 12.1 Å². The number of ether oxygens (including phenoxy) is 2. The molecule has 3 nitrogen and oxygen atoms in total. The molecule has 208 valence electrons. The molecule has 5 rings (SSSR count). The van der Waals surface area contributed by atoms with E-state index in [4.69, 9.17) is 13.7 Å². The summed E-state index contributed by atoms with van der Waals surface area (Å²) < 4.78 is 125. The van der Waals surface area contributed by atoms with Gasteiger partial charge in [0.2, 0.25) is 34.8 Å². The third-order valence-corrected chi connectivity index (χ3v) is 7.56. The molecule has 3 aromatic carbocycles.